The van der Waals surface area contributed by atoms with Gasteiger partial charge in [0.1, 0.15) is 5.82 Å². The summed E-state index contributed by atoms with van der Waals surface area (Å²) >= 11 is 0. The molecule has 4 heterocycles. The fraction of sp³-hybridized carbons (Fsp3) is 0.632. The van der Waals surface area contributed by atoms with Crippen molar-refractivity contribution in [3.8, 4) is 0 Å². The van der Waals surface area contributed by atoms with Gasteiger partial charge < -0.3 is 15.1 Å². The van der Waals surface area contributed by atoms with Gasteiger partial charge in [0.15, 0.2) is 11.5 Å². The number of nitrogens with zero attached hydrogens (tertiary/aromatic N) is 6. The van der Waals surface area contributed by atoms with Crippen LogP contribution in [0.1, 0.15) is 43.8 Å². The second kappa shape index (κ2) is 6.72. The number of carbonyl (C=O) groups is 2. The summed E-state index contributed by atoms with van der Waals surface area (Å²) in [5, 5.41) is 16.1. The Kier molecular flexibility index (Phi) is 4.17. The SMILES string of the molecule is CN(C(=O)C1CCNC(=O)C1)C1CN(c2ccc3nnc(C4CCC4)n3n2)C1. The summed E-state index contributed by atoms with van der Waals surface area (Å²) in [4.78, 5) is 28.3. The van der Waals surface area contributed by atoms with E-state index in [4.69, 9.17) is 5.10 Å². The quantitative estimate of drug-likeness (QED) is 0.829. The molecule has 2 aliphatic heterocycles. The minimum Gasteiger partial charge on any atom is -0.356 e. The summed E-state index contributed by atoms with van der Waals surface area (Å²) in [5.41, 5.74) is 0.783. The highest BCUT2D eigenvalue weighted by atomic mass is 16.2. The second-order valence-corrected chi connectivity index (χ2v) is 8.20. The van der Waals surface area contributed by atoms with Gasteiger partial charge in [0.05, 0.1) is 6.04 Å². The molecule has 1 N–H and O–H groups in total. The number of anilines is 1. The normalized spacial score (nSPS) is 23.2. The molecule has 3 fully saturated rings. The number of piperidine rings is 1. The number of likely N-dealkylation sites (N-methyl/N-ethyl adjacent to an activating group) is 1. The van der Waals surface area contributed by atoms with Gasteiger partial charge in [-0.2, -0.15) is 4.52 Å². The average Bonchev–Trinajstić information content (AvgIpc) is 3.01. The molecule has 1 saturated carbocycles. The van der Waals surface area contributed by atoms with E-state index in [0.29, 0.717) is 18.9 Å². The van der Waals surface area contributed by atoms with E-state index in [0.717, 1.165) is 49.6 Å². The molecule has 3 aliphatic rings. The Bertz CT molecular complexity index is 916. The van der Waals surface area contributed by atoms with Gasteiger partial charge in [0.2, 0.25) is 11.8 Å². The third-order valence-electron chi connectivity index (χ3n) is 6.42. The Morgan fingerprint density at radius 3 is 2.75 bits per heavy atom. The van der Waals surface area contributed by atoms with E-state index in [2.05, 4.69) is 20.4 Å². The molecule has 0 bridgehead atoms. The molecular formula is C19H25N7O2. The third-order valence-corrected chi connectivity index (χ3v) is 6.42. The topological polar surface area (TPSA) is 95.7 Å². The first kappa shape index (κ1) is 17.4. The van der Waals surface area contributed by atoms with Crippen LogP contribution in [-0.2, 0) is 9.59 Å². The average molecular weight is 383 g/mol. The minimum absolute atomic E-state index is 0.0260. The van der Waals surface area contributed by atoms with Crippen molar-refractivity contribution >= 4 is 23.3 Å². The van der Waals surface area contributed by atoms with E-state index < -0.39 is 0 Å². The molecule has 9 nitrogen and oxygen atoms in total. The van der Waals surface area contributed by atoms with Gasteiger partial charge in [-0.15, -0.1) is 15.3 Å². The van der Waals surface area contributed by atoms with Crippen molar-refractivity contribution in [3.63, 3.8) is 0 Å². The van der Waals surface area contributed by atoms with E-state index >= 15 is 0 Å². The number of carbonyl (C=O) groups excluding carboxylic acids is 2. The highest BCUT2D eigenvalue weighted by molar-refractivity contribution is 5.87. The van der Waals surface area contributed by atoms with Crippen LogP contribution < -0.4 is 10.2 Å². The Labute approximate surface area is 163 Å². The van der Waals surface area contributed by atoms with Crippen molar-refractivity contribution < 1.29 is 9.59 Å². The van der Waals surface area contributed by atoms with E-state index in [9.17, 15) is 9.59 Å². The fourth-order valence-corrected chi connectivity index (χ4v) is 4.24. The van der Waals surface area contributed by atoms with Crippen molar-refractivity contribution in [1.82, 2.24) is 30.0 Å². The number of nitrogens with one attached hydrogen (secondary N) is 1. The van der Waals surface area contributed by atoms with Crippen LogP contribution in [0.4, 0.5) is 5.82 Å². The van der Waals surface area contributed by atoms with Gasteiger partial charge in [0.25, 0.3) is 0 Å². The van der Waals surface area contributed by atoms with Crippen LogP contribution >= 0.6 is 0 Å². The van der Waals surface area contributed by atoms with Crippen LogP contribution in [0.15, 0.2) is 12.1 Å². The Hall–Kier alpha value is -2.71. The minimum atomic E-state index is -0.190. The lowest BCUT2D eigenvalue weighted by molar-refractivity contribution is -0.141. The summed E-state index contributed by atoms with van der Waals surface area (Å²) in [6.07, 6.45) is 4.59. The number of fused-ring (bicyclic) bond motifs is 1. The highest BCUT2D eigenvalue weighted by Crippen LogP contribution is 2.35. The summed E-state index contributed by atoms with van der Waals surface area (Å²) in [6, 6.07) is 4.08. The molecule has 28 heavy (non-hydrogen) atoms. The second-order valence-electron chi connectivity index (χ2n) is 8.20. The molecule has 0 aromatic carbocycles. The molecule has 2 aromatic heterocycles. The molecule has 1 aliphatic carbocycles. The molecule has 2 saturated heterocycles. The molecule has 148 valence electrons. The summed E-state index contributed by atoms with van der Waals surface area (Å²) < 4.78 is 1.88. The standard InChI is InChI=1S/C19H25N7O2/c1-24(19(28)13-7-8-20-17(27)9-13)14-10-25(11-14)16-6-5-15-21-22-18(26(15)23-16)12-3-2-4-12/h5-6,12-14H,2-4,7-11H2,1H3,(H,20,27). The Morgan fingerprint density at radius 2 is 2.04 bits per heavy atom. The van der Waals surface area contributed by atoms with Crippen LogP contribution in [0, 0.1) is 5.92 Å². The largest absolute Gasteiger partial charge is 0.356 e. The molecule has 5 rings (SSSR count). The first-order valence-corrected chi connectivity index (χ1v) is 10.1. The van der Waals surface area contributed by atoms with Gasteiger partial charge in [-0.25, -0.2) is 0 Å². The monoisotopic (exact) mass is 383 g/mol. The zero-order chi connectivity index (χ0) is 19.3. The molecule has 1 atom stereocenters. The zero-order valence-electron chi connectivity index (χ0n) is 16.0. The summed E-state index contributed by atoms with van der Waals surface area (Å²) in [5.74, 6) is 2.18. The molecule has 1 unspecified atom stereocenters. The van der Waals surface area contributed by atoms with Crippen LogP contribution in [0.2, 0.25) is 0 Å². The van der Waals surface area contributed by atoms with Gasteiger partial charge in [-0.3, -0.25) is 9.59 Å². The first-order valence-electron chi connectivity index (χ1n) is 10.1. The smallest absolute Gasteiger partial charge is 0.226 e. The summed E-state index contributed by atoms with van der Waals surface area (Å²) in [7, 11) is 1.85. The molecule has 0 spiro atoms. The van der Waals surface area contributed by atoms with E-state index in [1.54, 1.807) is 0 Å². The highest BCUT2D eigenvalue weighted by Gasteiger charge is 2.37. The Balaban J connectivity index is 1.25. The third kappa shape index (κ3) is 2.89. The maximum atomic E-state index is 12.7. The lowest BCUT2D eigenvalue weighted by atomic mass is 9.85. The van der Waals surface area contributed by atoms with Gasteiger partial charge in [0, 0.05) is 44.9 Å². The molecule has 2 amide bonds. The van der Waals surface area contributed by atoms with Crippen molar-refractivity contribution in [3.05, 3.63) is 18.0 Å². The van der Waals surface area contributed by atoms with Crippen molar-refractivity contribution in [1.29, 1.82) is 0 Å². The first-order chi connectivity index (χ1) is 13.6. The maximum Gasteiger partial charge on any atom is 0.226 e. The maximum absolute atomic E-state index is 12.7. The van der Waals surface area contributed by atoms with Crippen molar-refractivity contribution in [2.45, 2.75) is 44.1 Å². The number of aromatic nitrogens is 4. The zero-order valence-corrected chi connectivity index (χ0v) is 16.0. The number of hydrogen-bond acceptors (Lipinski definition) is 6. The molecule has 0 radical (unpaired) electrons. The van der Waals surface area contributed by atoms with E-state index in [1.807, 2.05) is 28.6 Å². The van der Waals surface area contributed by atoms with Crippen LogP contribution in [-0.4, -0.2) is 69.2 Å². The van der Waals surface area contributed by atoms with Gasteiger partial charge in [-0.05, 0) is 31.4 Å². The van der Waals surface area contributed by atoms with Gasteiger partial charge in [-0.1, -0.05) is 6.42 Å². The van der Waals surface area contributed by atoms with Crippen LogP contribution in [0.25, 0.3) is 5.65 Å². The number of hydrogen-bond donors (Lipinski definition) is 1. The van der Waals surface area contributed by atoms with E-state index in [1.165, 1.54) is 6.42 Å². The number of amides is 2. The molecule has 2 aromatic rings. The predicted octanol–water partition coefficient (Wildman–Crippen LogP) is 0.565. The summed E-state index contributed by atoms with van der Waals surface area (Å²) in [6.45, 7) is 2.09. The lowest BCUT2D eigenvalue weighted by Gasteiger charge is -2.45. The predicted molar refractivity (Wildman–Crippen MR) is 102 cm³/mol. The van der Waals surface area contributed by atoms with Gasteiger partial charge >= 0.3 is 0 Å². The fourth-order valence-electron chi connectivity index (χ4n) is 4.24. The molecular weight excluding hydrogens is 358 g/mol. The van der Waals surface area contributed by atoms with Crippen molar-refractivity contribution in [2.24, 2.45) is 5.92 Å². The van der Waals surface area contributed by atoms with E-state index in [-0.39, 0.29) is 23.8 Å². The lowest BCUT2D eigenvalue weighted by Crippen LogP contribution is -2.61. The van der Waals surface area contributed by atoms with Crippen LogP contribution in [0.5, 0.6) is 0 Å². The number of rotatable bonds is 4. The van der Waals surface area contributed by atoms with Crippen LogP contribution in [0.3, 0.4) is 0 Å². The van der Waals surface area contributed by atoms with Crippen molar-refractivity contribution in [2.75, 3.05) is 31.6 Å². The molecule has 9 heteroatoms. The Morgan fingerprint density at radius 1 is 1.21 bits per heavy atom.